The molecule has 0 saturated carbocycles. The monoisotopic (exact) mass is 622 g/mol. The van der Waals surface area contributed by atoms with Crippen LogP contribution in [0.5, 0.6) is 0 Å². The van der Waals surface area contributed by atoms with Gasteiger partial charge in [-0.2, -0.15) is 13.2 Å². The minimum atomic E-state index is -4.38. The first-order chi connectivity index (χ1) is 20.5. The Balaban J connectivity index is 0.000000499. The standard InChI is InChI=1S/C24H23F4NO2S.C10H23N/c1-16(7-8-17-4-2-5-19(14-17)24(26,27)28)32-22-21(23(30)31)6-3-13-29(22)15-18-9-11-20(25)12-10-18;1-2-3-4-5-6-7-8-9-10-11/h2-6,9-14,16,22H,7-8,15H2,1H3,(H,30,31);2-11H2,1H3. The second-order valence-electron chi connectivity index (χ2n) is 10.9. The highest BCUT2D eigenvalue weighted by molar-refractivity contribution is 8.00. The van der Waals surface area contributed by atoms with Crippen LogP contribution in [0.15, 0.2) is 72.5 Å². The molecule has 2 aromatic rings. The van der Waals surface area contributed by atoms with Crippen molar-refractivity contribution in [3.05, 3.63) is 95.0 Å². The molecule has 9 heteroatoms. The fourth-order valence-electron chi connectivity index (χ4n) is 4.70. The van der Waals surface area contributed by atoms with Gasteiger partial charge in [0.1, 0.15) is 11.2 Å². The second kappa shape index (κ2) is 19.5. The number of hydrogen-bond acceptors (Lipinski definition) is 4. The molecule has 3 rings (SSSR count). The van der Waals surface area contributed by atoms with Crippen LogP contribution >= 0.6 is 11.8 Å². The fraction of sp³-hybridized carbons (Fsp3) is 0.500. The molecule has 1 aliphatic rings. The summed E-state index contributed by atoms with van der Waals surface area (Å²) in [4.78, 5) is 13.7. The van der Waals surface area contributed by atoms with E-state index in [-0.39, 0.29) is 16.6 Å². The number of hydrogen-bond donors (Lipinski definition) is 2. The third kappa shape index (κ3) is 14.0. The lowest BCUT2D eigenvalue weighted by molar-refractivity contribution is -0.137. The number of aryl methyl sites for hydroxylation is 1. The number of allylic oxidation sites excluding steroid dienone is 2. The molecule has 1 aliphatic heterocycles. The van der Waals surface area contributed by atoms with Gasteiger partial charge in [-0.3, -0.25) is 0 Å². The van der Waals surface area contributed by atoms with Gasteiger partial charge in [0, 0.05) is 18.0 Å². The summed E-state index contributed by atoms with van der Waals surface area (Å²) < 4.78 is 52.0. The van der Waals surface area contributed by atoms with Crippen LogP contribution in [0.25, 0.3) is 0 Å². The van der Waals surface area contributed by atoms with Crippen molar-refractivity contribution in [2.75, 3.05) is 6.54 Å². The number of carboxylic acids is 1. The molecular formula is C34H46F4N2O2S. The number of carbonyl (C=O) groups is 1. The van der Waals surface area contributed by atoms with E-state index in [1.165, 1.54) is 81.3 Å². The molecule has 0 aliphatic carbocycles. The molecule has 0 bridgehead atoms. The van der Waals surface area contributed by atoms with Crippen LogP contribution in [-0.2, 0) is 23.9 Å². The third-order valence-corrected chi connectivity index (χ3v) is 8.64. The van der Waals surface area contributed by atoms with Gasteiger partial charge in [0.15, 0.2) is 0 Å². The molecule has 4 nitrogen and oxygen atoms in total. The van der Waals surface area contributed by atoms with E-state index in [1.54, 1.807) is 36.6 Å². The molecule has 2 aromatic carbocycles. The Morgan fingerprint density at radius 1 is 1.00 bits per heavy atom. The first-order valence-electron chi connectivity index (χ1n) is 15.2. The normalized spacial score (nSPS) is 15.5. The number of benzene rings is 2. The molecule has 0 fully saturated rings. The van der Waals surface area contributed by atoms with Gasteiger partial charge in [0.25, 0.3) is 0 Å². The van der Waals surface area contributed by atoms with Gasteiger partial charge in [0.05, 0.1) is 11.1 Å². The maximum Gasteiger partial charge on any atom is 0.416 e. The number of rotatable bonds is 16. The number of carboxylic acid groups (broad SMARTS) is 1. The van der Waals surface area contributed by atoms with E-state index in [1.807, 2.05) is 11.8 Å². The van der Waals surface area contributed by atoms with Crippen molar-refractivity contribution in [2.24, 2.45) is 5.73 Å². The van der Waals surface area contributed by atoms with E-state index < -0.39 is 23.1 Å². The summed E-state index contributed by atoms with van der Waals surface area (Å²) in [7, 11) is 0. The number of nitrogens with two attached hydrogens (primary N) is 1. The molecule has 0 amide bonds. The molecule has 2 unspecified atom stereocenters. The van der Waals surface area contributed by atoms with E-state index in [0.717, 1.165) is 24.2 Å². The summed E-state index contributed by atoms with van der Waals surface area (Å²) in [6, 6.07) is 11.3. The molecule has 2 atom stereocenters. The molecule has 0 radical (unpaired) electrons. The molecule has 3 N–H and O–H groups in total. The predicted molar refractivity (Wildman–Crippen MR) is 169 cm³/mol. The SMILES string of the molecule is CC(CCc1cccc(C(F)(F)F)c1)SC1C(C(=O)O)=CC=CN1Cc1ccc(F)cc1.CCCCCCCCCCN. The van der Waals surface area contributed by atoms with Gasteiger partial charge in [-0.15, -0.1) is 11.8 Å². The lowest BCUT2D eigenvalue weighted by Crippen LogP contribution is -2.35. The van der Waals surface area contributed by atoms with Gasteiger partial charge in [-0.05, 0) is 67.3 Å². The fourth-order valence-corrected chi connectivity index (χ4v) is 6.02. The van der Waals surface area contributed by atoms with Crippen LogP contribution in [0.3, 0.4) is 0 Å². The Hall–Kier alpha value is -2.78. The highest BCUT2D eigenvalue weighted by Crippen LogP contribution is 2.34. The average Bonchev–Trinajstić information content (AvgIpc) is 2.97. The Bertz CT molecular complexity index is 1140. The maximum absolute atomic E-state index is 13.2. The summed E-state index contributed by atoms with van der Waals surface area (Å²) in [5, 5.41) is 9.17. The smallest absolute Gasteiger partial charge is 0.416 e. The summed E-state index contributed by atoms with van der Waals surface area (Å²) >= 11 is 1.45. The summed E-state index contributed by atoms with van der Waals surface area (Å²) in [6.07, 6.45) is 12.7. The number of halogens is 4. The van der Waals surface area contributed by atoms with Crippen molar-refractivity contribution in [3.63, 3.8) is 0 Å². The summed E-state index contributed by atoms with van der Waals surface area (Å²) in [5.74, 6) is -1.37. The largest absolute Gasteiger partial charge is 0.478 e. The molecular weight excluding hydrogens is 576 g/mol. The zero-order chi connectivity index (χ0) is 31.7. The molecule has 238 valence electrons. The Kier molecular flexibility index (Phi) is 16.5. The lowest BCUT2D eigenvalue weighted by atomic mass is 10.1. The zero-order valence-corrected chi connectivity index (χ0v) is 26.1. The van der Waals surface area contributed by atoms with Crippen LogP contribution in [-0.4, -0.2) is 33.1 Å². The molecule has 0 spiro atoms. The van der Waals surface area contributed by atoms with Crippen molar-refractivity contribution >= 4 is 17.7 Å². The van der Waals surface area contributed by atoms with Crippen molar-refractivity contribution in [3.8, 4) is 0 Å². The molecule has 0 saturated heterocycles. The topological polar surface area (TPSA) is 66.6 Å². The van der Waals surface area contributed by atoms with Crippen molar-refractivity contribution in [1.29, 1.82) is 0 Å². The number of unbranched alkanes of at least 4 members (excludes halogenated alkanes) is 7. The third-order valence-electron chi connectivity index (χ3n) is 7.16. The van der Waals surface area contributed by atoms with E-state index in [0.29, 0.717) is 24.9 Å². The Morgan fingerprint density at radius 3 is 2.26 bits per heavy atom. The summed E-state index contributed by atoms with van der Waals surface area (Å²) in [5.41, 5.74) is 6.37. The highest BCUT2D eigenvalue weighted by atomic mass is 32.2. The number of alkyl halides is 3. The quantitative estimate of drug-likeness (QED) is 0.144. The summed E-state index contributed by atoms with van der Waals surface area (Å²) in [6.45, 7) is 5.47. The number of thioether (sulfide) groups is 1. The van der Waals surface area contributed by atoms with E-state index in [9.17, 15) is 27.5 Å². The number of nitrogens with zero attached hydrogens (tertiary/aromatic N) is 1. The van der Waals surface area contributed by atoms with Gasteiger partial charge in [0.2, 0.25) is 0 Å². The lowest BCUT2D eigenvalue weighted by Gasteiger charge is -2.34. The Labute approximate surface area is 258 Å². The molecule has 43 heavy (non-hydrogen) atoms. The van der Waals surface area contributed by atoms with E-state index >= 15 is 0 Å². The Morgan fingerprint density at radius 2 is 1.65 bits per heavy atom. The van der Waals surface area contributed by atoms with Gasteiger partial charge < -0.3 is 15.7 Å². The predicted octanol–water partition coefficient (Wildman–Crippen LogP) is 9.35. The molecule has 1 heterocycles. The van der Waals surface area contributed by atoms with Gasteiger partial charge >= 0.3 is 12.1 Å². The van der Waals surface area contributed by atoms with Crippen LogP contribution < -0.4 is 5.73 Å². The van der Waals surface area contributed by atoms with Crippen LogP contribution in [0, 0.1) is 5.82 Å². The van der Waals surface area contributed by atoms with E-state index in [2.05, 4.69) is 6.92 Å². The molecule has 0 aromatic heterocycles. The van der Waals surface area contributed by atoms with Crippen LogP contribution in [0.1, 0.15) is 88.3 Å². The van der Waals surface area contributed by atoms with Crippen molar-refractivity contribution in [2.45, 2.75) is 101 Å². The zero-order valence-electron chi connectivity index (χ0n) is 25.3. The number of aliphatic carboxylic acids is 1. The first kappa shape index (κ1) is 36.4. The minimum absolute atomic E-state index is 0.0143. The van der Waals surface area contributed by atoms with E-state index in [4.69, 9.17) is 5.73 Å². The van der Waals surface area contributed by atoms with Crippen molar-refractivity contribution in [1.82, 2.24) is 4.90 Å². The first-order valence-corrected chi connectivity index (χ1v) is 16.1. The minimum Gasteiger partial charge on any atom is -0.478 e. The van der Waals surface area contributed by atoms with Gasteiger partial charge in [-0.1, -0.05) is 89.1 Å². The van der Waals surface area contributed by atoms with Gasteiger partial charge in [-0.25, -0.2) is 9.18 Å². The van der Waals surface area contributed by atoms with Crippen molar-refractivity contribution < 1.29 is 27.5 Å². The second-order valence-corrected chi connectivity index (χ2v) is 12.4. The van der Waals surface area contributed by atoms with Crippen LogP contribution in [0.4, 0.5) is 17.6 Å². The average molecular weight is 623 g/mol. The maximum atomic E-state index is 13.2. The highest BCUT2D eigenvalue weighted by Gasteiger charge is 2.31. The van der Waals surface area contributed by atoms with Crippen LogP contribution in [0.2, 0.25) is 0 Å².